The zero-order valence-corrected chi connectivity index (χ0v) is 21.7. The Morgan fingerprint density at radius 3 is 1.22 bits per heavy atom. The molecule has 4 aromatic carbocycles. The Hall–Kier alpha value is -2.06. The van der Waals surface area contributed by atoms with Crippen LogP contribution in [0.3, 0.4) is 0 Å². The Kier molecular flexibility index (Phi) is 7.73. The molecule has 0 bridgehead atoms. The van der Waals surface area contributed by atoms with E-state index in [4.69, 9.17) is 26.5 Å². The first-order chi connectivity index (χ1) is 15.7. The van der Waals surface area contributed by atoms with E-state index in [-0.39, 0.29) is 0 Å². The number of benzene rings is 4. The predicted molar refractivity (Wildman–Crippen MR) is 130 cm³/mol. The average Bonchev–Trinajstić information content (AvgIpc) is 3.21. The molecule has 0 saturated carbocycles. The summed E-state index contributed by atoms with van der Waals surface area (Å²) in [7, 11) is 13.3. The van der Waals surface area contributed by atoms with E-state index in [2.05, 4.69) is 67.1 Å². The van der Waals surface area contributed by atoms with E-state index in [0.29, 0.717) is 0 Å². The monoisotopic (exact) mass is 537 g/mol. The van der Waals surface area contributed by atoms with Crippen molar-refractivity contribution in [2.75, 3.05) is 14.2 Å². The van der Waals surface area contributed by atoms with Crippen molar-refractivity contribution in [2.24, 2.45) is 0 Å². The maximum absolute atomic E-state index is 5.27. The first kappa shape index (κ1) is 23.1. The molecule has 5 heteroatoms. The number of hydrogen-bond donors (Lipinski definition) is 0. The molecule has 0 atom stereocenters. The van der Waals surface area contributed by atoms with Gasteiger partial charge in [-0.05, 0) is 80.9 Å². The van der Waals surface area contributed by atoms with Gasteiger partial charge in [0.1, 0.15) is 11.5 Å². The quantitative estimate of drug-likeness (QED) is 0.230. The van der Waals surface area contributed by atoms with Crippen LogP contribution in [0.15, 0.2) is 84.9 Å². The van der Waals surface area contributed by atoms with Gasteiger partial charge < -0.3 is 9.47 Å². The van der Waals surface area contributed by atoms with E-state index in [1.807, 2.05) is 24.3 Å². The normalized spacial score (nSPS) is 11.0. The van der Waals surface area contributed by atoms with Gasteiger partial charge >= 0.3 is 37.9 Å². The van der Waals surface area contributed by atoms with Gasteiger partial charge in [0.2, 0.25) is 0 Å². The SMILES string of the molecule is COc1ccc(-c2ccc3c(c2)[CH]c2cc(-c4ccc(OC)cc4)ccc2-3)cc1.[Cl][Zr][Cl]. The number of ether oxygens (including phenoxy) is 2. The molecule has 1 aliphatic rings. The molecule has 159 valence electrons. The van der Waals surface area contributed by atoms with Crippen LogP contribution < -0.4 is 9.47 Å². The Morgan fingerprint density at radius 1 is 0.531 bits per heavy atom. The van der Waals surface area contributed by atoms with Gasteiger partial charge in [0.15, 0.2) is 0 Å². The van der Waals surface area contributed by atoms with Gasteiger partial charge in [0, 0.05) is 6.42 Å². The van der Waals surface area contributed by atoms with Crippen LogP contribution in [0.2, 0.25) is 0 Å². The number of halogens is 2. The Bertz CT molecular complexity index is 1110. The van der Waals surface area contributed by atoms with E-state index in [0.717, 1.165) is 11.5 Å². The third kappa shape index (κ3) is 4.96. The fraction of sp³-hybridized carbons (Fsp3) is 0.0741. The Labute approximate surface area is 207 Å². The number of fused-ring (bicyclic) bond motifs is 3. The molecule has 1 aliphatic carbocycles. The van der Waals surface area contributed by atoms with Gasteiger partial charge in [-0.3, -0.25) is 0 Å². The molecule has 0 N–H and O–H groups in total. The summed E-state index contributed by atoms with van der Waals surface area (Å²) in [6.07, 6.45) is 2.28. The number of hydrogen-bond acceptors (Lipinski definition) is 2. The van der Waals surface area contributed by atoms with Crippen LogP contribution in [0.1, 0.15) is 11.1 Å². The number of rotatable bonds is 4. The van der Waals surface area contributed by atoms with Crippen molar-refractivity contribution >= 4 is 17.0 Å². The molecule has 0 spiro atoms. The van der Waals surface area contributed by atoms with Crippen LogP contribution in [0.25, 0.3) is 33.4 Å². The van der Waals surface area contributed by atoms with Crippen LogP contribution in [-0.2, 0) is 20.8 Å². The fourth-order valence-electron chi connectivity index (χ4n) is 3.95. The Balaban J connectivity index is 0.000000775. The van der Waals surface area contributed by atoms with Crippen LogP contribution in [0.5, 0.6) is 11.5 Å². The first-order valence-electron chi connectivity index (χ1n) is 10.0. The van der Waals surface area contributed by atoms with E-state index in [1.54, 1.807) is 14.2 Å². The van der Waals surface area contributed by atoms with Gasteiger partial charge in [-0.15, -0.1) is 0 Å². The summed E-state index contributed by atoms with van der Waals surface area (Å²) in [6.45, 7) is 0. The minimum absolute atomic E-state index is 0.826. The van der Waals surface area contributed by atoms with E-state index in [9.17, 15) is 0 Å². The van der Waals surface area contributed by atoms with Gasteiger partial charge in [-0.1, -0.05) is 48.5 Å². The molecular weight excluding hydrogens is 518 g/mol. The van der Waals surface area contributed by atoms with Crippen molar-refractivity contribution in [1.82, 2.24) is 0 Å². The van der Waals surface area contributed by atoms with E-state index < -0.39 is 20.8 Å². The van der Waals surface area contributed by atoms with Gasteiger partial charge in [-0.2, -0.15) is 0 Å². The van der Waals surface area contributed by atoms with Crippen LogP contribution in [0, 0.1) is 6.42 Å². The minimum atomic E-state index is -0.826. The summed E-state index contributed by atoms with van der Waals surface area (Å²) in [5.74, 6) is 1.75. The molecule has 4 aromatic rings. The van der Waals surface area contributed by atoms with E-state index in [1.165, 1.54) is 44.5 Å². The molecule has 32 heavy (non-hydrogen) atoms. The molecule has 1 radical (unpaired) electrons. The molecule has 0 unspecified atom stereocenters. The van der Waals surface area contributed by atoms with Crippen LogP contribution in [-0.4, -0.2) is 14.2 Å². The molecular formula is C27H21Cl2O2Zr. The molecule has 0 aromatic heterocycles. The molecule has 0 saturated heterocycles. The van der Waals surface area contributed by atoms with Crippen molar-refractivity contribution in [3.63, 3.8) is 0 Å². The van der Waals surface area contributed by atoms with Crippen molar-refractivity contribution in [3.8, 4) is 44.9 Å². The standard InChI is InChI=1S/C27H21O2.2ClH.Zr/c1-28-24-9-3-18(4-10-24)20-7-13-26-22(15-20)17-23-16-21(8-14-27(23)26)19-5-11-25(29-2)12-6-19;;;/h3-17H,1-2H3;2*1H;/q;;;+2/p-2. The molecule has 0 aliphatic heterocycles. The summed E-state index contributed by atoms with van der Waals surface area (Å²) in [6, 6.07) is 29.8. The Morgan fingerprint density at radius 2 is 0.875 bits per heavy atom. The van der Waals surface area contributed by atoms with Gasteiger partial charge in [0.05, 0.1) is 14.2 Å². The van der Waals surface area contributed by atoms with Crippen molar-refractivity contribution < 1.29 is 30.3 Å². The molecule has 0 amide bonds. The summed E-state index contributed by atoms with van der Waals surface area (Å²) >= 11 is -0.826. The molecule has 0 fully saturated rings. The average molecular weight is 540 g/mol. The summed E-state index contributed by atoms with van der Waals surface area (Å²) in [5, 5.41) is 0. The molecule has 5 rings (SSSR count). The fourth-order valence-corrected chi connectivity index (χ4v) is 3.95. The predicted octanol–water partition coefficient (Wildman–Crippen LogP) is 8.00. The van der Waals surface area contributed by atoms with Crippen LogP contribution in [0.4, 0.5) is 0 Å². The molecule has 2 nitrogen and oxygen atoms in total. The zero-order valence-electron chi connectivity index (χ0n) is 17.7. The summed E-state index contributed by atoms with van der Waals surface area (Å²) in [4.78, 5) is 0. The topological polar surface area (TPSA) is 18.5 Å². The molecule has 0 heterocycles. The summed E-state index contributed by atoms with van der Waals surface area (Å²) < 4.78 is 10.5. The zero-order chi connectivity index (χ0) is 22.5. The second-order valence-electron chi connectivity index (χ2n) is 7.28. The van der Waals surface area contributed by atoms with Crippen LogP contribution >= 0.6 is 17.0 Å². The van der Waals surface area contributed by atoms with Crippen molar-refractivity contribution in [2.45, 2.75) is 0 Å². The third-order valence-electron chi connectivity index (χ3n) is 5.55. The maximum atomic E-state index is 5.27. The summed E-state index contributed by atoms with van der Waals surface area (Å²) in [5.41, 5.74) is 9.92. The van der Waals surface area contributed by atoms with E-state index >= 15 is 0 Å². The second kappa shape index (κ2) is 10.7. The third-order valence-corrected chi connectivity index (χ3v) is 5.55. The first-order valence-corrected chi connectivity index (χ1v) is 16.4. The van der Waals surface area contributed by atoms with Gasteiger partial charge in [-0.25, -0.2) is 0 Å². The van der Waals surface area contributed by atoms with Gasteiger partial charge in [0.25, 0.3) is 0 Å². The number of methoxy groups -OCH3 is 2. The second-order valence-corrected chi connectivity index (χ2v) is 11.0. The van der Waals surface area contributed by atoms with Crippen molar-refractivity contribution in [1.29, 1.82) is 0 Å². The van der Waals surface area contributed by atoms with Crippen molar-refractivity contribution in [3.05, 3.63) is 102 Å².